The van der Waals surface area contributed by atoms with Gasteiger partial charge in [0.15, 0.2) is 10.2 Å². The second-order valence-electron chi connectivity index (χ2n) is 4.56. The smallest absolute Gasteiger partial charge is 0.319 e. The van der Waals surface area contributed by atoms with Crippen LogP contribution < -0.4 is 5.32 Å². The molecular formula is C15H15N3O3S. The van der Waals surface area contributed by atoms with Gasteiger partial charge in [-0.1, -0.05) is 12.1 Å². The second-order valence-corrected chi connectivity index (χ2v) is 5.55. The number of aromatic amines is 1. The number of H-pyrrole nitrogens is 1. The number of methoxy groups -OCH3 is 1. The molecule has 2 N–H and O–H groups in total. The molecule has 7 heteroatoms. The number of aromatic nitrogens is 2. The minimum absolute atomic E-state index is 0.156. The Hall–Kier alpha value is -2.25. The lowest BCUT2D eigenvalue weighted by atomic mass is 10.3. The molecule has 0 aliphatic carbocycles. The minimum Gasteiger partial charge on any atom is -0.468 e. The number of nitrogens with zero attached hydrogens (tertiary/aromatic N) is 1. The summed E-state index contributed by atoms with van der Waals surface area (Å²) in [5, 5.41) is 4.48. The molecule has 0 spiro atoms. The number of nitrogens with one attached hydrogen (secondary N) is 2. The fourth-order valence-electron chi connectivity index (χ4n) is 1.94. The van der Waals surface area contributed by atoms with Crippen molar-refractivity contribution < 1.29 is 13.9 Å². The van der Waals surface area contributed by atoms with Crippen LogP contribution in [0, 0.1) is 0 Å². The third-order valence-corrected chi connectivity index (χ3v) is 3.81. The number of esters is 1. The van der Waals surface area contributed by atoms with Crippen LogP contribution in [0.3, 0.4) is 0 Å². The Morgan fingerprint density at radius 3 is 3.05 bits per heavy atom. The van der Waals surface area contributed by atoms with Gasteiger partial charge < -0.3 is 14.1 Å². The summed E-state index contributed by atoms with van der Waals surface area (Å²) in [6, 6.07) is 11.6. The van der Waals surface area contributed by atoms with Crippen molar-refractivity contribution in [2.24, 2.45) is 0 Å². The highest BCUT2D eigenvalue weighted by Gasteiger charge is 2.08. The Morgan fingerprint density at radius 1 is 1.36 bits per heavy atom. The predicted molar refractivity (Wildman–Crippen MR) is 82.6 cm³/mol. The predicted octanol–water partition coefficient (Wildman–Crippen LogP) is 2.57. The molecule has 22 heavy (non-hydrogen) atoms. The summed E-state index contributed by atoms with van der Waals surface area (Å²) < 4.78 is 10.2. The molecule has 0 unspecified atom stereocenters. The van der Waals surface area contributed by atoms with E-state index in [-0.39, 0.29) is 12.5 Å². The number of hydrogen-bond acceptors (Lipinski definition) is 6. The Balaban J connectivity index is 1.60. The monoisotopic (exact) mass is 317 g/mol. The number of furan rings is 1. The van der Waals surface area contributed by atoms with Crippen LogP contribution in [0.5, 0.6) is 0 Å². The van der Waals surface area contributed by atoms with Crippen LogP contribution in [-0.2, 0) is 16.1 Å². The molecule has 0 amide bonds. The topological polar surface area (TPSA) is 80.1 Å². The molecule has 1 aromatic carbocycles. The molecule has 0 saturated carbocycles. The number of carbonyl (C=O) groups excluding carboxylic acids is 1. The molecule has 0 aliphatic heterocycles. The van der Waals surface area contributed by atoms with Gasteiger partial charge in [-0.2, -0.15) is 0 Å². The number of carbonyl (C=O) groups is 1. The summed E-state index contributed by atoms with van der Waals surface area (Å²) in [6.45, 7) is 0.624. The van der Waals surface area contributed by atoms with Crippen LogP contribution in [0.1, 0.15) is 5.76 Å². The van der Waals surface area contributed by atoms with E-state index in [1.807, 2.05) is 36.4 Å². The van der Waals surface area contributed by atoms with Crippen LogP contribution in [0.25, 0.3) is 11.0 Å². The lowest BCUT2D eigenvalue weighted by molar-refractivity contribution is -0.139. The van der Waals surface area contributed by atoms with Gasteiger partial charge in [0.05, 0.1) is 31.2 Å². The largest absolute Gasteiger partial charge is 0.468 e. The molecule has 0 atom stereocenters. The van der Waals surface area contributed by atoms with Crippen molar-refractivity contribution in [3.63, 3.8) is 0 Å². The number of para-hydroxylation sites is 2. The van der Waals surface area contributed by atoms with E-state index in [0.717, 1.165) is 27.0 Å². The normalized spacial score (nSPS) is 11.0. The molecule has 2 aromatic heterocycles. The zero-order valence-electron chi connectivity index (χ0n) is 12.0. The van der Waals surface area contributed by atoms with Crippen molar-refractivity contribution in [3.05, 3.63) is 42.2 Å². The molecule has 114 valence electrons. The SMILES string of the molecule is COC(=O)CNCc1ccc(Sc2nc3ccccc3[nH]2)o1. The zero-order valence-corrected chi connectivity index (χ0v) is 12.8. The van der Waals surface area contributed by atoms with Crippen LogP contribution in [0.2, 0.25) is 0 Å². The lowest BCUT2D eigenvalue weighted by Crippen LogP contribution is -2.23. The van der Waals surface area contributed by atoms with Crippen molar-refractivity contribution in [1.82, 2.24) is 15.3 Å². The van der Waals surface area contributed by atoms with E-state index in [0.29, 0.717) is 6.54 Å². The summed E-state index contributed by atoms with van der Waals surface area (Å²) in [7, 11) is 1.36. The van der Waals surface area contributed by atoms with Gasteiger partial charge in [-0.25, -0.2) is 4.98 Å². The summed E-state index contributed by atoms with van der Waals surface area (Å²) >= 11 is 1.43. The Morgan fingerprint density at radius 2 is 2.23 bits per heavy atom. The molecule has 6 nitrogen and oxygen atoms in total. The number of benzene rings is 1. The highest BCUT2D eigenvalue weighted by molar-refractivity contribution is 7.99. The molecular weight excluding hydrogens is 302 g/mol. The average Bonchev–Trinajstić information content (AvgIpc) is 3.13. The van der Waals surface area contributed by atoms with E-state index >= 15 is 0 Å². The number of fused-ring (bicyclic) bond motifs is 1. The molecule has 3 rings (SSSR count). The highest BCUT2D eigenvalue weighted by atomic mass is 32.2. The first-order valence-corrected chi connectivity index (χ1v) is 7.55. The quantitative estimate of drug-likeness (QED) is 0.680. The van der Waals surface area contributed by atoms with Crippen molar-refractivity contribution in [2.45, 2.75) is 16.8 Å². The number of ether oxygens (including phenoxy) is 1. The van der Waals surface area contributed by atoms with Gasteiger partial charge in [-0.05, 0) is 36.0 Å². The Bertz CT molecular complexity index is 748. The molecule has 3 aromatic rings. The van der Waals surface area contributed by atoms with Gasteiger partial charge in [-0.15, -0.1) is 0 Å². The van der Waals surface area contributed by atoms with Crippen LogP contribution in [-0.4, -0.2) is 29.6 Å². The maximum absolute atomic E-state index is 11.0. The van der Waals surface area contributed by atoms with E-state index in [9.17, 15) is 4.79 Å². The van der Waals surface area contributed by atoms with Gasteiger partial charge in [0.1, 0.15) is 5.76 Å². The lowest BCUT2D eigenvalue weighted by Gasteiger charge is -2.00. The molecule has 0 aliphatic rings. The van der Waals surface area contributed by atoms with Crippen LogP contribution >= 0.6 is 11.8 Å². The summed E-state index contributed by atoms with van der Waals surface area (Å²) in [4.78, 5) is 18.7. The molecule has 0 bridgehead atoms. The maximum atomic E-state index is 11.0. The van der Waals surface area contributed by atoms with Crippen molar-refractivity contribution in [3.8, 4) is 0 Å². The summed E-state index contributed by atoms with van der Waals surface area (Å²) in [6.07, 6.45) is 0. The standard InChI is InChI=1S/C15H15N3O3S/c1-20-13(19)9-16-8-10-6-7-14(21-10)22-15-17-11-4-2-3-5-12(11)18-15/h2-7,16H,8-9H2,1H3,(H,17,18). The Kier molecular flexibility index (Phi) is 4.45. The van der Waals surface area contributed by atoms with Crippen LogP contribution in [0.4, 0.5) is 0 Å². The molecule has 0 saturated heterocycles. The van der Waals surface area contributed by atoms with Gasteiger partial charge in [0.2, 0.25) is 0 Å². The van der Waals surface area contributed by atoms with Gasteiger partial charge >= 0.3 is 5.97 Å². The first-order valence-electron chi connectivity index (χ1n) is 6.73. The average molecular weight is 317 g/mol. The van der Waals surface area contributed by atoms with Crippen LogP contribution in [0.15, 0.2) is 51.1 Å². The maximum Gasteiger partial charge on any atom is 0.319 e. The minimum atomic E-state index is -0.302. The first kappa shape index (κ1) is 14.7. The van der Waals surface area contributed by atoms with E-state index in [1.165, 1.54) is 18.9 Å². The van der Waals surface area contributed by atoms with Gasteiger partial charge in [0.25, 0.3) is 0 Å². The Labute approximate surface area is 131 Å². The molecule has 0 radical (unpaired) electrons. The fraction of sp³-hybridized carbons (Fsp3) is 0.200. The van der Waals surface area contributed by atoms with E-state index < -0.39 is 0 Å². The number of rotatable bonds is 6. The summed E-state index contributed by atoms with van der Waals surface area (Å²) in [5.74, 6) is 0.450. The number of hydrogen-bond donors (Lipinski definition) is 2. The molecule has 0 fully saturated rings. The third-order valence-electron chi connectivity index (χ3n) is 3.00. The summed E-state index contributed by atoms with van der Waals surface area (Å²) in [5.41, 5.74) is 1.92. The van der Waals surface area contributed by atoms with E-state index in [1.54, 1.807) is 0 Å². The third kappa shape index (κ3) is 3.49. The van der Waals surface area contributed by atoms with E-state index in [4.69, 9.17) is 4.42 Å². The second kappa shape index (κ2) is 6.67. The van der Waals surface area contributed by atoms with Crippen molar-refractivity contribution >= 4 is 28.8 Å². The zero-order chi connectivity index (χ0) is 15.4. The van der Waals surface area contributed by atoms with Crippen molar-refractivity contribution in [1.29, 1.82) is 0 Å². The van der Waals surface area contributed by atoms with E-state index in [2.05, 4.69) is 20.0 Å². The first-order chi connectivity index (χ1) is 10.7. The van der Waals surface area contributed by atoms with Gasteiger partial charge in [0, 0.05) is 0 Å². The molecule has 2 heterocycles. The van der Waals surface area contributed by atoms with Gasteiger partial charge in [-0.3, -0.25) is 10.1 Å². The highest BCUT2D eigenvalue weighted by Crippen LogP contribution is 2.28. The van der Waals surface area contributed by atoms with Crippen molar-refractivity contribution in [2.75, 3.05) is 13.7 Å². The number of imidazole rings is 1. The fourth-order valence-corrected chi connectivity index (χ4v) is 2.72.